The number of nitrogens with zero attached hydrogens (tertiary/aromatic N) is 2. The molecule has 2 amide bonds. The summed E-state index contributed by atoms with van der Waals surface area (Å²) in [5, 5.41) is 3.12. The van der Waals surface area contributed by atoms with Crippen molar-refractivity contribution in [2.75, 3.05) is 23.7 Å². The van der Waals surface area contributed by atoms with Gasteiger partial charge in [-0.05, 0) is 55.4 Å². The minimum Gasteiger partial charge on any atom is -0.352 e. The molecule has 1 saturated carbocycles. The van der Waals surface area contributed by atoms with Gasteiger partial charge in [-0.2, -0.15) is 0 Å². The second-order valence-corrected chi connectivity index (χ2v) is 12.3. The molecule has 3 rings (SSSR count). The topological polar surface area (TPSA) is 86.8 Å². The van der Waals surface area contributed by atoms with Crippen molar-refractivity contribution in [3.63, 3.8) is 0 Å². The van der Waals surface area contributed by atoms with Crippen molar-refractivity contribution in [2.24, 2.45) is 0 Å². The van der Waals surface area contributed by atoms with Crippen LogP contribution in [0.2, 0.25) is 0 Å². The Hall–Kier alpha value is -2.87. The fourth-order valence-electron chi connectivity index (χ4n) is 4.78. The van der Waals surface area contributed by atoms with E-state index in [1.165, 1.54) is 11.3 Å². The van der Waals surface area contributed by atoms with E-state index in [2.05, 4.69) is 19.2 Å². The highest BCUT2D eigenvalue weighted by atomic mass is 32.2. The normalized spacial score (nSPS) is 15.3. The summed E-state index contributed by atoms with van der Waals surface area (Å²) in [4.78, 5) is 28.4. The molecule has 1 unspecified atom stereocenters. The van der Waals surface area contributed by atoms with E-state index < -0.39 is 22.0 Å². The average molecular weight is 528 g/mol. The molecule has 1 aliphatic rings. The van der Waals surface area contributed by atoms with Gasteiger partial charge in [0.05, 0.1) is 11.9 Å². The summed E-state index contributed by atoms with van der Waals surface area (Å²) in [6.45, 7) is 5.80. The SMILES string of the molecule is CC(C)c1ccc(N(CC(=O)N(CCc2ccccc2)C(C)C(=O)NC2CCCCC2)S(C)(=O)=O)cc1. The van der Waals surface area contributed by atoms with Crippen molar-refractivity contribution < 1.29 is 18.0 Å². The van der Waals surface area contributed by atoms with Gasteiger partial charge < -0.3 is 10.2 Å². The Labute approximate surface area is 222 Å². The number of amides is 2. The number of sulfonamides is 1. The number of anilines is 1. The summed E-state index contributed by atoms with van der Waals surface area (Å²) < 4.78 is 26.6. The van der Waals surface area contributed by atoms with Gasteiger partial charge in [-0.15, -0.1) is 0 Å². The van der Waals surface area contributed by atoms with Crippen LogP contribution in [0, 0.1) is 0 Å². The van der Waals surface area contributed by atoms with Gasteiger partial charge in [0.15, 0.2) is 0 Å². The maximum atomic E-state index is 13.6. The van der Waals surface area contributed by atoms with Crippen LogP contribution in [-0.4, -0.2) is 56.6 Å². The van der Waals surface area contributed by atoms with Crippen molar-refractivity contribution in [2.45, 2.75) is 77.3 Å². The fraction of sp³-hybridized carbons (Fsp3) is 0.517. The van der Waals surface area contributed by atoms with Gasteiger partial charge in [0.25, 0.3) is 0 Å². The molecule has 7 nitrogen and oxygen atoms in total. The number of carbonyl (C=O) groups excluding carboxylic acids is 2. The second kappa shape index (κ2) is 13.1. The predicted octanol–water partition coefficient (Wildman–Crippen LogP) is 4.48. The highest BCUT2D eigenvalue weighted by molar-refractivity contribution is 7.92. The van der Waals surface area contributed by atoms with E-state index >= 15 is 0 Å². The van der Waals surface area contributed by atoms with Crippen LogP contribution < -0.4 is 9.62 Å². The standard InChI is InChI=1S/C29H41N3O4S/c1-22(2)25-15-17-27(18-16-25)32(37(4,35)36)21-28(33)31(20-19-24-11-7-5-8-12-24)23(3)29(34)30-26-13-9-6-10-14-26/h5,7-8,11-12,15-18,22-23,26H,6,9-10,13-14,19-21H2,1-4H3,(H,30,34). The molecule has 202 valence electrons. The third-order valence-electron chi connectivity index (χ3n) is 7.13. The van der Waals surface area contributed by atoms with Gasteiger partial charge >= 0.3 is 0 Å². The van der Waals surface area contributed by atoms with Gasteiger partial charge in [-0.3, -0.25) is 13.9 Å². The Kier molecular flexibility index (Phi) is 10.1. The van der Waals surface area contributed by atoms with Crippen molar-refractivity contribution in [3.8, 4) is 0 Å². The van der Waals surface area contributed by atoms with Crippen LogP contribution in [0.4, 0.5) is 5.69 Å². The molecule has 0 aromatic heterocycles. The van der Waals surface area contributed by atoms with E-state index in [-0.39, 0.29) is 18.5 Å². The molecule has 0 heterocycles. The lowest BCUT2D eigenvalue weighted by atomic mass is 9.95. The van der Waals surface area contributed by atoms with E-state index in [1.54, 1.807) is 19.1 Å². The molecular weight excluding hydrogens is 486 g/mol. The molecule has 0 aliphatic heterocycles. The van der Waals surface area contributed by atoms with E-state index in [9.17, 15) is 18.0 Å². The highest BCUT2D eigenvalue weighted by Gasteiger charge is 2.31. The van der Waals surface area contributed by atoms with Gasteiger partial charge in [-0.1, -0.05) is 75.6 Å². The zero-order valence-corrected chi connectivity index (χ0v) is 23.3. The van der Waals surface area contributed by atoms with Crippen LogP contribution in [0.15, 0.2) is 54.6 Å². The molecule has 1 fully saturated rings. The fourth-order valence-corrected chi connectivity index (χ4v) is 5.63. The number of benzene rings is 2. The molecule has 8 heteroatoms. The average Bonchev–Trinajstić information content (AvgIpc) is 2.88. The molecular formula is C29H41N3O4S. The van der Waals surface area contributed by atoms with Crippen LogP contribution >= 0.6 is 0 Å². The summed E-state index contributed by atoms with van der Waals surface area (Å²) in [5.74, 6) is -0.291. The number of carbonyl (C=O) groups is 2. The summed E-state index contributed by atoms with van der Waals surface area (Å²) in [5.41, 5.74) is 2.56. The molecule has 1 atom stereocenters. The summed E-state index contributed by atoms with van der Waals surface area (Å²) in [6, 6.07) is 16.4. The van der Waals surface area contributed by atoms with Gasteiger partial charge in [0.2, 0.25) is 21.8 Å². The molecule has 0 bridgehead atoms. The highest BCUT2D eigenvalue weighted by Crippen LogP contribution is 2.23. The first-order valence-corrected chi connectivity index (χ1v) is 15.1. The molecule has 0 radical (unpaired) electrons. The Morgan fingerprint density at radius 3 is 2.14 bits per heavy atom. The maximum absolute atomic E-state index is 13.6. The van der Waals surface area contributed by atoms with Gasteiger partial charge in [0.1, 0.15) is 12.6 Å². The lowest BCUT2D eigenvalue weighted by Gasteiger charge is -2.33. The smallest absolute Gasteiger partial charge is 0.244 e. The Morgan fingerprint density at radius 1 is 0.946 bits per heavy atom. The predicted molar refractivity (Wildman–Crippen MR) is 149 cm³/mol. The van der Waals surface area contributed by atoms with Crippen molar-refractivity contribution in [3.05, 3.63) is 65.7 Å². The number of rotatable bonds is 11. The van der Waals surface area contributed by atoms with Gasteiger partial charge in [0, 0.05) is 12.6 Å². The second-order valence-electron chi connectivity index (χ2n) is 10.4. The summed E-state index contributed by atoms with van der Waals surface area (Å²) in [7, 11) is -3.73. The quantitative estimate of drug-likeness (QED) is 0.467. The van der Waals surface area contributed by atoms with Gasteiger partial charge in [-0.25, -0.2) is 8.42 Å². The number of hydrogen-bond acceptors (Lipinski definition) is 4. The number of nitrogens with one attached hydrogen (secondary N) is 1. The van der Waals surface area contributed by atoms with E-state index in [4.69, 9.17) is 0 Å². The minimum atomic E-state index is -3.73. The van der Waals surface area contributed by atoms with Crippen molar-refractivity contribution in [1.29, 1.82) is 0 Å². The molecule has 1 aliphatic carbocycles. The monoisotopic (exact) mass is 527 g/mol. The summed E-state index contributed by atoms with van der Waals surface area (Å²) in [6.07, 6.45) is 6.93. The Bertz CT molecular complexity index is 1130. The molecule has 37 heavy (non-hydrogen) atoms. The lowest BCUT2D eigenvalue weighted by molar-refractivity contribution is -0.139. The molecule has 2 aromatic carbocycles. The van der Waals surface area contributed by atoms with Crippen LogP contribution in [-0.2, 0) is 26.0 Å². The van der Waals surface area contributed by atoms with E-state index in [0.29, 0.717) is 24.6 Å². The van der Waals surface area contributed by atoms with Crippen molar-refractivity contribution in [1.82, 2.24) is 10.2 Å². The lowest BCUT2D eigenvalue weighted by Crippen LogP contribution is -2.53. The third kappa shape index (κ3) is 8.32. The first kappa shape index (κ1) is 28.7. The Balaban J connectivity index is 1.81. The van der Waals surface area contributed by atoms with E-state index in [0.717, 1.165) is 47.4 Å². The minimum absolute atomic E-state index is 0.127. The van der Waals surface area contributed by atoms with Crippen molar-refractivity contribution >= 4 is 27.5 Å². The Morgan fingerprint density at radius 2 is 1.57 bits per heavy atom. The molecule has 0 saturated heterocycles. The molecule has 2 aromatic rings. The maximum Gasteiger partial charge on any atom is 0.244 e. The third-order valence-corrected chi connectivity index (χ3v) is 8.27. The van der Waals surface area contributed by atoms with Crippen LogP contribution in [0.5, 0.6) is 0 Å². The molecule has 0 spiro atoms. The molecule has 1 N–H and O–H groups in total. The van der Waals surface area contributed by atoms with Crippen LogP contribution in [0.3, 0.4) is 0 Å². The van der Waals surface area contributed by atoms with Crippen LogP contribution in [0.25, 0.3) is 0 Å². The number of hydrogen-bond donors (Lipinski definition) is 1. The zero-order chi connectivity index (χ0) is 27.0. The first-order chi connectivity index (χ1) is 17.6. The van der Waals surface area contributed by atoms with Crippen LogP contribution in [0.1, 0.15) is 69.9 Å². The van der Waals surface area contributed by atoms with E-state index in [1.807, 2.05) is 42.5 Å². The zero-order valence-electron chi connectivity index (χ0n) is 22.5. The summed E-state index contributed by atoms with van der Waals surface area (Å²) >= 11 is 0. The largest absolute Gasteiger partial charge is 0.352 e. The first-order valence-electron chi connectivity index (χ1n) is 13.3.